The molecule has 0 aliphatic heterocycles. The number of rotatable bonds is 9. The first-order valence-corrected chi connectivity index (χ1v) is 11.4. The molecular weight excluding hydrogens is 440 g/mol. The number of phenolic OH excluding ortho intramolecular Hbond substituents is 2. The van der Waals surface area contributed by atoms with Crippen LogP contribution in [0.3, 0.4) is 0 Å². The minimum Gasteiger partial charge on any atom is -0.511 e. The molecule has 0 heterocycles. The van der Waals surface area contributed by atoms with Gasteiger partial charge in [0.15, 0.2) is 17.3 Å². The fourth-order valence-electron chi connectivity index (χ4n) is 4.31. The summed E-state index contributed by atoms with van der Waals surface area (Å²) >= 11 is 0. The second-order valence-electron chi connectivity index (χ2n) is 9.09. The van der Waals surface area contributed by atoms with Gasteiger partial charge in [-0.3, -0.25) is 14.4 Å². The number of aromatic hydroxyl groups is 2. The number of phenols is 2. The maximum absolute atomic E-state index is 13.5. The number of aliphatic hydroxyl groups excluding tert-OH is 2. The molecule has 0 bridgehead atoms. The number of hydrogen-bond acceptors (Lipinski definition) is 8. The van der Waals surface area contributed by atoms with Crippen molar-refractivity contribution in [2.75, 3.05) is 7.11 Å². The molecular formula is C26H34O8. The van der Waals surface area contributed by atoms with Crippen LogP contribution in [0.1, 0.15) is 75.4 Å². The number of ketones is 3. The van der Waals surface area contributed by atoms with E-state index in [0.717, 1.165) is 0 Å². The lowest BCUT2D eigenvalue weighted by molar-refractivity contribution is -0.128. The van der Waals surface area contributed by atoms with E-state index in [4.69, 9.17) is 4.74 Å². The van der Waals surface area contributed by atoms with Gasteiger partial charge in [-0.15, -0.1) is 0 Å². The predicted molar refractivity (Wildman–Crippen MR) is 127 cm³/mol. The quantitative estimate of drug-likeness (QED) is 0.296. The van der Waals surface area contributed by atoms with Crippen LogP contribution in [0, 0.1) is 18.3 Å². The molecule has 0 spiro atoms. The summed E-state index contributed by atoms with van der Waals surface area (Å²) in [5, 5.41) is 43.4. The van der Waals surface area contributed by atoms with Crippen LogP contribution < -0.4 is 4.74 Å². The van der Waals surface area contributed by atoms with Crippen molar-refractivity contribution in [3.8, 4) is 17.2 Å². The van der Waals surface area contributed by atoms with E-state index >= 15 is 0 Å². The fourth-order valence-corrected chi connectivity index (χ4v) is 4.31. The third kappa shape index (κ3) is 4.17. The first-order valence-electron chi connectivity index (χ1n) is 11.4. The Morgan fingerprint density at radius 3 is 2.15 bits per heavy atom. The van der Waals surface area contributed by atoms with Gasteiger partial charge >= 0.3 is 0 Å². The Kier molecular flexibility index (Phi) is 7.86. The van der Waals surface area contributed by atoms with E-state index < -0.39 is 63.7 Å². The number of Topliss-reactive ketones (excluding diaryl/α,β-unsaturated/α-hetero) is 3. The number of aliphatic hydroxyl groups is 2. The highest BCUT2D eigenvalue weighted by Gasteiger charge is 2.49. The lowest BCUT2D eigenvalue weighted by Crippen LogP contribution is -2.41. The van der Waals surface area contributed by atoms with E-state index in [1.165, 1.54) is 27.9 Å². The first kappa shape index (κ1) is 27.0. The van der Waals surface area contributed by atoms with Crippen molar-refractivity contribution in [1.82, 2.24) is 0 Å². The van der Waals surface area contributed by atoms with Crippen molar-refractivity contribution in [2.45, 2.75) is 67.2 Å². The lowest BCUT2D eigenvalue weighted by atomic mass is 9.68. The molecule has 4 N–H and O–H groups in total. The summed E-state index contributed by atoms with van der Waals surface area (Å²) in [7, 11) is 1.31. The zero-order valence-electron chi connectivity index (χ0n) is 20.8. The highest BCUT2D eigenvalue weighted by Crippen LogP contribution is 2.49. The Morgan fingerprint density at radius 2 is 1.65 bits per heavy atom. The van der Waals surface area contributed by atoms with Crippen LogP contribution in [0.25, 0.3) is 0 Å². The van der Waals surface area contributed by atoms with Crippen molar-refractivity contribution in [1.29, 1.82) is 0 Å². The molecule has 0 amide bonds. The number of ether oxygens (including phenoxy) is 1. The maximum atomic E-state index is 13.5. The molecule has 1 aliphatic rings. The SMILES string of the molecule is CCCC(=O)c1c(O)c(C[C@@]2(C)C(=O)C(C(=O)[C@H](C)CC)=C(O)C(C)=C2O)c(O)c(C)c1OC. The second-order valence-corrected chi connectivity index (χ2v) is 9.09. The van der Waals surface area contributed by atoms with Gasteiger partial charge in [-0.05, 0) is 40.0 Å². The van der Waals surface area contributed by atoms with E-state index in [9.17, 15) is 34.8 Å². The third-order valence-corrected chi connectivity index (χ3v) is 6.73. The van der Waals surface area contributed by atoms with Gasteiger partial charge in [0.2, 0.25) is 0 Å². The Hall–Kier alpha value is -3.29. The van der Waals surface area contributed by atoms with Gasteiger partial charge in [0.1, 0.15) is 39.9 Å². The zero-order chi connectivity index (χ0) is 26.1. The average Bonchev–Trinajstić information content (AvgIpc) is 2.81. The molecule has 0 aromatic heterocycles. The number of carbonyl (C=O) groups excluding carboxylic acids is 3. The highest BCUT2D eigenvalue weighted by atomic mass is 16.5. The monoisotopic (exact) mass is 474 g/mol. The van der Waals surface area contributed by atoms with E-state index in [1.807, 2.05) is 0 Å². The molecule has 0 saturated heterocycles. The molecule has 8 heteroatoms. The normalized spacial score (nSPS) is 19.4. The van der Waals surface area contributed by atoms with Crippen LogP contribution in [0.2, 0.25) is 0 Å². The summed E-state index contributed by atoms with van der Waals surface area (Å²) in [5.74, 6) is -4.30. The summed E-state index contributed by atoms with van der Waals surface area (Å²) in [6.45, 7) is 9.48. The van der Waals surface area contributed by atoms with Crippen molar-refractivity contribution in [3.05, 3.63) is 39.4 Å². The van der Waals surface area contributed by atoms with Gasteiger partial charge in [-0.2, -0.15) is 0 Å². The number of hydrogen-bond donors (Lipinski definition) is 4. The molecule has 2 rings (SSSR count). The third-order valence-electron chi connectivity index (χ3n) is 6.73. The van der Waals surface area contributed by atoms with Gasteiger partial charge in [0.25, 0.3) is 0 Å². The Labute approximate surface area is 199 Å². The van der Waals surface area contributed by atoms with Crippen LogP contribution >= 0.6 is 0 Å². The topological polar surface area (TPSA) is 141 Å². The van der Waals surface area contributed by atoms with Gasteiger partial charge in [-0.1, -0.05) is 20.8 Å². The Balaban J connectivity index is 2.76. The summed E-state index contributed by atoms with van der Waals surface area (Å²) in [4.78, 5) is 39.2. The number of allylic oxidation sites excluding steroid dienone is 3. The molecule has 186 valence electrons. The van der Waals surface area contributed by atoms with E-state index in [2.05, 4.69) is 0 Å². The highest BCUT2D eigenvalue weighted by molar-refractivity contribution is 6.24. The Morgan fingerprint density at radius 1 is 1.06 bits per heavy atom. The number of methoxy groups -OCH3 is 1. The van der Waals surface area contributed by atoms with Crippen molar-refractivity contribution in [3.63, 3.8) is 0 Å². The van der Waals surface area contributed by atoms with Crippen molar-refractivity contribution in [2.24, 2.45) is 11.3 Å². The minimum absolute atomic E-state index is 0.0263. The van der Waals surface area contributed by atoms with Gasteiger partial charge in [-0.25, -0.2) is 0 Å². The second kappa shape index (κ2) is 9.91. The summed E-state index contributed by atoms with van der Waals surface area (Å²) < 4.78 is 5.28. The molecule has 2 atom stereocenters. The molecule has 0 saturated carbocycles. The smallest absolute Gasteiger partial charge is 0.183 e. The molecule has 1 aromatic carbocycles. The molecule has 8 nitrogen and oxygen atoms in total. The van der Waals surface area contributed by atoms with Gasteiger partial charge in [0.05, 0.1) is 12.5 Å². The standard InChI is InChI=1S/C26H34O8/c1-8-10-16(27)17-22(31)15(20(29)13(4)23(17)34-7)11-26(6)24(32)14(5)21(30)18(25(26)33)19(28)12(3)9-2/h12,29-32H,8-11H2,1-7H3/t12-,26-/m1/s1. The summed E-state index contributed by atoms with van der Waals surface area (Å²) in [6, 6.07) is 0. The largest absolute Gasteiger partial charge is 0.511 e. The molecule has 1 aromatic rings. The van der Waals surface area contributed by atoms with Gasteiger partial charge < -0.3 is 25.2 Å². The number of carbonyl (C=O) groups is 3. The van der Waals surface area contributed by atoms with Crippen LogP contribution in [0.5, 0.6) is 17.2 Å². The van der Waals surface area contributed by atoms with Crippen LogP contribution in [0.15, 0.2) is 22.7 Å². The summed E-state index contributed by atoms with van der Waals surface area (Å²) in [6.07, 6.45) is 0.657. The van der Waals surface area contributed by atoms with Gasteiger partial charge in [0, 0.05) is 29.0 Å². The van der Waals surface area contributed by atoms with Crippen LogP contribution in [-0.4, -0.2) is 44.9 Å². The van der Waals surface area contributed by atoms with Crippen molar-refractivity contribution >= 4 is 17.3 Å². The summed E-state index contributed by atoms with van der Waals surface area (Å²) in [5.41, 5.74) is -2.30. The fraction of sp³-hybridized carbons (Fsp3) is 0.500. The van der Waals surface area contributed by atoms with Crippen LogP contribution in [0.4, 0.5) is 0 Å². The van der Waals surface area contributed by atoms with E-state index in [-0.39, 0.29) is 34.4 Å². The number of benzene rings is 1. The predicted octanol–water partition coefficient (Wildman–Crippen LogP) is 4.79. The zero-order valence-corrected chi connectivity index (χ0v) is 20.8. The van der Waals surface area contributed by atoms with E-state index in [0.29, 0.717) is 12.8 Å². The molecule has 34 heavy (non-hydrogen) atoms. The maximum Gasteiger partial charge on any atom is 0.183 e. The molecule has 0 unspecified atom stereocenters. The minimum atomic E-state index is -1.78. The Bertz CT molecular complexity index is 1110. The lowest BCUT2D eigenvalue weighted by Gasteiger charge is -2.34. The van der Waals surface area contributed by atoms with E-state index in [1.54, 1.807) is 20.8 Å². The van der Waals surface area contributed by atoms with Crippen molar-refractivity contribution < 1.29 is 39.5 Å². The van der Waals surface area contributed by atoms with Crippen LogP contribution in [-0.2, 0) is 16.0 Å². The average molecular weight is 475 g/mol. The molecule has 0 fully saturated rings. The first-order chi connectivity index (χ1) is 15.8. The molecule has 1 aliphatic carbocycles. The molecule has 0 radical (unpaired) electrons.